The van der Waals surface area contributed by atoms with Crippen LogP contribution in [-0.2, 0) is 17.9 Å². The Bertz CT molecular complexity index is 1340. The van der Waals surface area contributed by atoms with Gasteiger partial charge in [0, 0.05) is 35.7 Å². The highest BCUT2D eigenvalue weighted by Crippen LogP contribution is 2.32. The smallest absolute Gasteiger partial charge is 0.254 e. The maximum atomic E-state index is 13.1. The minimum absolute atomic E-state index is 0.181. The number of aromatic nitrogens is 4. The van der Waals surface area contributed by atoms with Crippen LogP contribution >= 0.6 is 11.8 Å². The lowest BCUT2D eigenvalue weighted by atomic mass is 10.1. The fraction of sp³-hybridized carbons (Fsp3) is 0.130. The molecule has 3 heterocycles. The van der Waals surface area contributed by atoms with Gasteiger partial charge in [0.15, 0.2) is 5.16 Å². The second-order valence-electron chi connectivity index (χ2n) is 7.29. The number of hydrogen-bond acceptors (Lipinski definition) is 5. The lowest BCUT2D eigenvalue weighted by Gasteiger charge is -2.11. The number of para-hydroxylation sites is 1. The van der Waals surface area contributed by atoms with Crippen molar-refractivity contribution < 1.29 is 9.18 Å². The number of amides is 1. The van der Waals surface area contributed by atoms with Crippen molar-refractivity contribution in [3.05, 3.63) is 83.3 Å². The van der Waals surface area contributed by atoms with Gasteiger partial charge in [-0.25, -0.2) is 14.4 Å². The first kappa shape index (κ1) is 20.2. The highest BCUT2D eigenvalue weighted by molar-refractivity contribution is 7.99. The van der Waals surface area contributed by atoms with E-state index in [1.165, 1.54) is 29.1 Å². The minimum Gasteiger partial charge on any atom is -0.325 e. The molecule has 2 aromatic carbocycles. The van der Waals surface area contributed by atoms with Crippen LogP contribution in [-0.4, -0.2) is 30.8 Å². The molecule has 0 saturated carbocycles. The molecule has 1 aliphatic heterocycles. The number of aryl methyl sites for hydroxylation is 1. The number of carbonyl (C=O) groups is 1. The zero-order chi connectivity index (χ0) is 22.1. The summed E-state index contributed by atoms with van der Waals surface area (Å²) in [6.07, 6.45) is 3.31. The summed E-state index contributed by atoms with van der Waals surface area (Å²) < 4.78 is 16.4. The molecule has 160 valence electrons. The summed E-state index contributed by atoms with van der Waals surface area (Å²) in [4.78, 5) is 34.1. The first-order chi connectivity index (χ1) is 15.6. The average molecular weight is 447 g/mol. The van der Waals surface area contributed by atoms with Gasteiger partial charge in [0.1, 0.15) is 12.4 Å². The topological polar surface area (TPSA) is 81.8 Å². The number of fused-ring (bicyclic) bond motifs is 1. The zero-order valence-electron chi connectivity index (χ0n) is 16.9. The molecule has 0 unspecified atom stereocenters. The average Bonchev–Trinajstić information content (AvgIpc) is 3.38. The van der Waals surface area contributed by atoms with E-state index in [-0.39, 0.29) is 23.8 Å². The molecule has 32 heavy (non-hydrogen) atoms. The fourth-order valence-electron chi connectivity index (χ4n) is 3.52. The van der Waals surface area contributed by atoms with E-state index in [0.29, 0.717) is 16.9 Å². The molecule has 4 aromatic rings. The maximum absolute atomic E-state index is 13.1. The first-order valence-corrected chi connectivity index (χ1v) is 11.0. The van der Waals surface area contributed by atoms with Gasteiger partial charge in [0.05, 0.1) is 23.4 Å². The van der Waals surface area contributed by atoms with E-state index in [1.807, 2.05) is 30.5 Å². The van der Waals surface area contributed by atoms with E-state index in [1.54, 1.807) is 23.9 Å². The third kappa shape index (κ3) is 4.06. The van der Waals surface area contributed by atoms with E-state index in [2.05, 4.69) is 19.9 Å². The van der Waals surface area contributed by atoms with Crippen molar-refractivity contribution in [2.75, 3.05) is 11.1 Å². The van der Waals surface area contributed by atoms with Crippen molar-refractivity contribution in [3.8, 4) is 22.5 Å². The molecule has 1 N–H and O–H groups in total. The molecular weight excluding hydrogens is 429 g/mol. The van der Waals surface area contributed by atoms with Crippen molar-refractivity contribution in [1.29, 1.82) is 0 Å². The van der Waals surface area contributed by atoms with Crippen LogP contribution < -0.4 is 10.9 Å². The second-order valence-corrected chi connectivity index (χ2v) is 8.35. The van der Waals surface area contributed by atoms with Gasteiger partial charge < -0.3 is 9.88 Å². The Balaban J connectivity index is 1.33. The third-order valence-corrected chi connectivity index (χ3v) is 6.08. The molecule has 2 aromatic heterocycles. The van der Waals surface area contributed by atoms with Crippen LogP contribution in [0.4, 0.5) is 10.1 Å². The van der Waals surface area contributed by atoms with Crippen molar-refractivity contribution in [2.45, 2.75) is 18.2 Å². The molecule has 0 aliphatic carbocycles. The molecule has 0 bridgehead atoms. The number of benzene rings is 2. The zero-order valence-corrected chi connectivity index (χ0v) is 17.7. The van der Waals surface area contributed by atoms with Gasteiger partial charge >= 0.3 is 0 Å². The van der Waals surface area contributed by atoms with E-state index >= 15 is 0 Å². The third-order valence-electron chi connectivity index (χ3n) is 5.11. The second kappa shape index (κ2) is 8.43. The Hall–Kier alpha value is -3.72. The lowest BCUT2D eigenvalue weighted by molar-refractivity contribution is -0.116. The summed E-state index contributed by atoms with van der Waals surface area (Å²) >= 11 is 1.71. The van der Waals surface area contributed by atoms with Crippen LogP contribution in [0.25, 0.3) is 22.5 Å². The Morgan fingerprint density at radius 3 is 2.72 bits per heavy atom. The molecule has 0 fully saturated rings. The van der Waals surface area contributed by atoms with Gasteiger partial charge in [-0.05, 0) is 30.3 Å². The normalized spacial score (nSPS) is 12.5. The number of nitrogens with zero attached hydrogens (tertiary/aromatic N) is 4. The van der Waals surface area contributed by atoms with Gasteiger partial charge in [-0.3, -0.25) is 14.2 Å². The van der Waals surface area contributed by atoms with Gasteiger partial charge in [-0.1, -0.05) is 30.0 Å². The standard InChI is InChI=1S/C23H18FN5O2S/c24-16-7-5-15(6-8-16)19-11-22(31)29(14-25-19)13-21(30)26-18-4-2-1-3-17(18)20-12-28-9-10-32-23(28)27-20/h1-8,11-12,14H,9-10,13H2,(H,26,30). The molecular formula is C23H18FN5O2S. The van der Waals surface area contributed by atoms with Gasteiger partial charge in [0.25, 0.3) is 5.56 Å². The summed E-state index contributed by atoms with van der Waals surface area (Å²) in [5.41, 5.74) is 2.92. The Labute approximate surface area is 187 Å². The van der Waals surface area contributed by atoms with Gasteiger partial charge in [-0.15, -0.1) is 0 Å². The van der Waals surface area contributed by atoms with Crippen molar-refractivity contribution in [2.24, 2.45) is 0 Å². The molecule has 5 rings (SSSR count). The van der Waals surface area contributed by atoms with Crippen LogP contribution in [0.1, 0.15) is 0 Å². The molecule has 0 atom stereocenters. The fourth-order valence-corrected chi connectivity index (χ4v) is 4.47. The Kier molecular flexibility index (Phi) is 5.32. The highest BCUT2D eigenvalue weighted by Gasteiger charge is 2.18. The number of thioether (sulfide) groups is 1. The molecule has 0 saturated heterocycles. The largest absolute Gasteiger partial charge is 0.325 e. The number of hydrogen-bond donors (Lipinski definition) is 1. The van der Waals surface area contributed by atoms with Crippen molar-refractivity contribution in [3.63, 3.8) is 0 Å². The van der Waals surface area contributed by atoms with Crippen molar-refractivity contribution in [1.82, 2.24) is 19.1 Å². The first-order valence-electron chi connectivity index (χ1n) is 9.98. The minimum atomic E-state index is -0.370. The Morgan fingerprint density at radius 2 is 1.94 bits per heavy atom. The molecule has 7 nitrogen and oxygen atoms in total. The summed E-state index contributed by atoms with van der Waals surface area (Å²) in [5, 5.41) is 3.85. The summed E-state index contributed by atoms with van der Waals surface area (Å²) in [6, 6.07) is 14.5. The quantitative estimate of drug-likeness (QED) is 0.505. The lowest BCUT2D eigenvalue weighted by Crippen LogP contribution is -2.27. The number of anilines is 1. The van der Waals surface area contributed by atoms with Crippen LogP contribution in [0.3, 0.4) is 0 Å². The summed E-state index contributed by atoms with van der Waals surface area (Å²) in [6.45, 7) is 0.741. The van der Waals surface area contributed by atoms with E-state index in [4.69, 9.17) is 0 Å². The number of halogens is 1. The van der Waals surface area contributed by atoms with Crippen LogP contribution in [0, 0.1) is 5.82 Å². The summed E-state index contributed by atoms with van der Waals surface area (Å²) in [5.74, 6) is 0.305. The predicted octanol–water partition coefficient (Wildman–Crippen LogP) is 3.66. The van der Waals surface area contributed by atoms with E-state index in [0.717, 1.165) is 28.7 Å². The monoisotopic (exact) mass is 447 g/mol. The SMILES string of the molecule is O=C(Cn1cnc(-c2ccc(F)cc2)cc1=O)Nc1ccccc1-c1cn2c(n1)SCC2. The number of nitrogens with one attached hydrogen (secondary N) is 1. The van der Waals surface area contributed by atoms with E-state index < -0.39 is 0 Å². The Morgan fingerprint density at radius 1 is 1.12 bits per heavy atom. The maximum Gasteiger partial charge on any atom is 0.254 e. The number of carbonyl (C=O) groups excluding carboxylic acids is 1. The number of imidazole rings is 1. The predicted molar refractivity (Wildman–Crippen MR) is 121 cm³/mol. The highest BCUT2D eigenvalue weighted by atomic mass is 32.2. The van der Waals surface area contributed by atoms with Crippen LogP contribution in [0.15, 0.2) is 77.1 Å². The number of rotatable bonds is 5. The molecule has 1 amide bonds. The molecule has 0 radical (unpaired) electrons. The van der Waals surface area contributed by atoms with Crippen LogP contribution in [0.2, 0.25) is 0 Å². The van der Waals surface area contributed by atoms with E-state index in [9.17, 15) is 14.0 Å². The van der Waals surface area contributed by atoms with Gasteiger partial charge in [0.2, 0.25) is 5.91 Å². The van der Waals surface area contributed by atoms with Crippen molar-refractivity contribution >= 4 is 23.4 Å². The molecule has 9 heteroatoms. The molecule has 0 spiro atoms. The molecule has 1 aliphatic rings. The summed E-state index contributed by atoms with van der Waals surface area (Å²) in [7, 11) is 0. The van der Waals surface area contributed by atoms with Crippen LogP contribution in [0.5, 0.6) is 0 Å². The van der Waals surface area contributed by atoms with Gasteiger partial charge in [-0.2, -0.15) is 0 Å².